The Kier molecular flexibility index (Phi) is 32.6. The second kappa shape index (κ2) is 46.6. The van der Waals surface area contributed by atoms with Gasteiger partial charge in [-0.15, -0.1) is 0 Å². The molecule has 56 heteroatoms. The summed E-state index contributed by atoms with van der Waals surface area (Å²) in [6.45, 7) is 6.08. The van der Waals surface area contributed by atoms with Crippen molar-refractivity contribution in [2.24, 2.45) is 23.7 Å². The van der Waals surface area contributed by atoms with E-state index < -0.39 is 40.8 Å². The van der Waals surface area contributed by atoms with E-state index in [1.807, 2.05) is 36.4 Å². The molecule has 146 heavy (non-hydrogen) atoms. The number of benzene rings is 4. The summed E-state index contributed by atoms with van der Waals surface area (Å²) >= 11 is 13.1. The highest BCUT2D eigenvalue weighted by Gasteiger charge is 2.50. The van der Waals surface area contributed by atoms with Crippen molar-refractivity contribution >= 4 is 128 Å². The molecule has 16 heterocycles. The van der Waals surface area contributed by atoms with Crippen LogP contribution in [0.2, 0.25) is 0 Å². The summed E-state index contributed by atoms with van der Waals surface area (Å²) < 4.78 is 215. The van der Waals surface area contributed by atoms with Gasteiger partial charge in [0.25, 0.3) is 20.4 Å². The van der Waals surface area contributed by atoms with Crippen LogP contribution in [-0.2, 0) is 63.2 Å². The summed E-state index contributed by atoms with van der Waals surface area (Å²) in [6.07, 6.45) is 24.5. The van der Waals surface area contributed by atoms with Crippen LogP contribution in [0.1, 0.15) is 49.7 Å². The van der Waals surface area contributed by atoms with Gasteiger partial charge in [0.05, 0.1) is 65.6 Å². The zero-order valence-corrected chi connectivity index (χ0v) is 86.7. The zero-order valence-electron chi connectivity index (χ0n) is 77.1. The Bertz CT molecular complexity index is 6700. The van der Waals surface area contributed by atoms with Crippen molar-refractivity contribution in [1.29, 1.82) is 0 Å². The van der Waals surface area contributed by atoms with Gasteiger partial charge in [0.1, 0.15) is 89.7 Å². The number of rotatable bonds is 40. The summed E-state index contributed by atoms with van der Waals surface area (Å²) in [5, 5.41) is 0. The average molecular weight is 2340 g/mol. The van der Waals surface area contributed by atoms with Crippen LogP contribution in [0.5, 0.6) is 82.1 Å². The second-order valence-corrected chi connectivity index (χ2v) is 43.7. The van der Waals surface area contributed by atoms with Crippen LogP contribution in [0.4, 0.5) is 23.3 Å². The van der Waals surface area contributed by atoms with Crippen LogP contribution < -0.4 is 94.6 Å². The van der Waals surface area contributed by atoms with Crippen LogP contribution >= 0.6 is 63.7 Å². The van der Waals surface area contributed by atoms with Crippen molar-refractivity contribution in [1.82, 2.24) is 97.8 Å². The van der Waals surface area contributed by atoms with E-state index >= 15 is 0 Å². The fourth-order valence-corrected chi connectivity index (χ4v) is 21.6. The van der Waals surface area contributed by atoms with Crippen molar-refractivity contribution in [3.63, 3.8) is 0 Å². The predicted molar refractivity (Wildman–Crippen MR) is 534 cm³/mol. The number of nitrogens with one attached hydrogen (secondary N) is 6. The largest absolute Gasteiger partial charge is 0.493 e. The van der Waals surface area contributed by atoms with E-state index in [-0.39, 0.29) is 163 Å². The van der Waals surface area contributed by atoms with Crippen LogP contribution in [0, 0.1) is 23.7 Å². The molecule has 6 atom stereocenters. The fraction of sp³-hybridized carbons (Fsp3) is 0.378. The molecule has 0 unspecified atom stereocenters. The minimum absolute atomic E-state index is 0.0286. The molecule has 0 spiro atoms. The normalized spacial score (nSPS) is 18.4. The molecule has 2 aliphatic carbocycles. The van der Waals surface area contributed by atoms with Gasteiger partial charge in [0.15, 0.2) is 46.3 Å². The molecule has 12 aromatic rings. The van der Waals surface area contributed by atoms with E-state index in [1.165, 1.54) is 33.9 Å². The minimum Gasteiger partial charge on any atom is -0.493 e. The van der Waals surface area contributed by atoms with Crippen molar-refractivity contribution in [2.75, 3.05) is 151 Å². The number of nitrogens with zero attached hydrogens (tertiary/aromatic N) is 18. The number of fused-ring (bicyclic) bond motifs is 6. The maximum Gasteiger partial charge on any atom is 0.316 e. The van der Waals surface area contributed by atoms with Gasteiger partial charge in [-0.05, 0) is 196 Å². The fourth-order valence-electron chi connectivity index (χ4n) is 16.4. The molecule has 2 saturated carbocycles. The zero-order chi connectivity index (χ0) is 101. The Morgan fingerprint density at radius 2 is 0.610 bits per heavy atom. The number of piperidine rings is 2. The maximum absolute atomic E-state index is 13.1. The molecule has 8 aliphatic heterocycles. The van der Waals surface area contributed by atoms with E-state index in [4.69, 9.17) is 75.8 Å². The van der Waals surface area contributed by atoms with Crippen molar-refractivity contribution in [3.05, 3.63) is 177 Å². The molecule has 48 nitrogen and oxygen atoms in total. The maximum atomic E-state index is 13.1. The van der Waals surface area contributed by atoms with Gasteiger partial charge in [-0.1, -0.05) is 36.4 Å². The van der Waals surface area contributed by atoms with Gasteiger partial charge < -0.3 is 75.8 Å². The molecule has 768 valence electrons. The lowest BCUT2D eigenvalue weighted by Gasteiger charge is -2.20. The lowest BCUT2D eigenvalue weighted by atomic mass is 10.0. The number of halogens is 4. The third kappa shape index (κ3) is 26.7. The SMILES string of the molecule is O=S(=O)(NC[C@@H]1CCCO1)Nc1ncnc(OCCOc2ncc(Br)cn2)c1-c1ccc2c(c1)OCO2.O=S(=O)(NC[C@H]1CCCO1)Nc1ncnc(OCCOc2ncc(Br)cn2)c1-c1ccc2c(c1)OCO2.O=S(=O)(Nc1ncnc(OCCOc2ncc(Br)cn2)c1-c1ccc2c(c1)OCC2)N1C[C@H]2C[C@H]2C1.O=S(=O)(Nc1ncnc(OCCOc2ncc(Br)cn2)c1-c1ccc2c(c1)OCC2)N1C[C@H]2C[C@H]2C1. The van der Waals surface area contributed by atoms with Crippen LogP contribution in [-0.4, -0.2) is 266 Å². The van der Waals surface area contributed by atoms with Gasteiger partial charge in [0, 0.05) is 115 Å². The summed E-state index contributed by atoms with van der Waals surface area (Å²) in [5.74, 6) is 6.64. The summed E-state index contributed by atoms with van der Waals surface area (Å²) in [5.41, 5.74) is 6.20. The summed E-state index contributed by atoms with van der Waals surface area (Å²) in [6, 6.07) is 22.6. The first-order chi connectivity index (χ1) is 70.9. The van der Waals surface area contributed by atoms with Crippen LogP contribution in [0.25, 0.3) is 44.5 Å². The van der Waals surface area contributed by atoms with E-state index in [2.05, 4.69) is 172 Å². The van der Waals surface area contributed by atoms with Crippen LogP contribution in [0.3, 0.4) is 0 Å². The van der Waals surface area contributed by atoms with E-state index in [0.717, 1.165) is 91.9 Å². The molecule has 6 N–H and O–H groups in total. The Hall–Kier alpha value is -12.6. The van der Waals surface area contributed by atoms with Crippen molar-refractivity contribution in [3.8, 4) is 127 Å². The van der Waals surface area contributed by atoms with E-state index in [9.17, 15) is 33.7 Å². The third-order valence-corrected chi connectivity index (χ3v) is 30.2. The van der Waals surface area contributed by atoms with Gasteiger partial charge in [0.2, 0.25) is 37.1 Å². The van der Waals surface area contributed by atoms with Gasteiger partial charge in [-0.3, -0.25) is 18.9 Å². The average Bonchev–Trinajstić information content (AvgIpc) is 1.62. The molecule has 10 aliphatic rings. The first kappa shape index (κ1) is 102. The third-order valence-electron chi connectivity index (χ3n) is 23.7. The summed E-state index contributed by atoms with van der Waals surface area (Å²) in [4.78, 5) is 66.4. The van der Waals surface area contributed by atoms with Gasteiger partial charge in [-0.2, -0.15) is 51.7 Å². The Morgan fingerprint density at radius 1 is 0.322 bits per heavy atom. The van der Waals surface area contributed by atoms with Crippen molar-refractivity contribution in [2.45, 2.75) is 63.6 Å². The van der Waals surface area contributed by atoms with Gasteiger partial charge >= 0.3 is 44.5 Å². The molecule has 6 fully saturated rings. The molecule has 8 aromatic heterocycles. The lowest BCUT2D eigenvalue weighted by molar-refractivity contribution is 0.114. The Labute approximate surface area is 870 Å². The number of aromatic nitrogens is 16. The number of hydrogen-bond acceptors (Lipinski definition) is 40. The highest BCUT2D eigenvalue weighted by atomic mass is 79.9. The first-order valence-electron chi connectivity index (χ1n) is 45.8. The van der Waals surface area contributed by atoms with Crippen molar-refractivity contribution < 1.29 is 109 Å². The standard InChI is InChI=1S/2C23H23BrN6O5S.2C22H23BrN6O7S/c2*24-18-9-25-23(26-10-18)35-6-5-34-22-20(15-2-1-14-3-4-33-19(14)8-15)21(27-13-28-22)29-36(31,32)30-11-16-7-17(16)12-30;2*23-15-9-24-22(25-10-15)34-7-6-33-21-19(14-3-4-17-18(8-14)36-13-35-17)20(26-12-27-21)29-37(30,31)28-11-16-2-1-5-32-16/h2*1-2,8-10,13,16-17H,3-7,11-12H2,(H,27,28,29);2*3-4,8-10,12,16,28H,1-2,5-7,11,13H2,(H,26,27,29)/t2*16-,17+;2*16-/m..10/s1. The molecular formula is C90H92Br4N24O24S4. The molecule has 4 saturated heterocycles. The minimum atomic E-state index is -3.97. The topological polar surface area (TPSA) is 569 Å². The Balaban J connectivity index is 0.000000123. The Morgan fingerprint density at radius 3 is 0.918 bits per heavy atom. The van der Waals surface area contributed by atoms with E-state index in [1.54, 1.807) is 86.0 Å². The molecule has 0 bridgehead atoms. The predicted octanol–water partition coefficient (Wildman–Crippen LogP) is 10.0. The smallest absolute Gasteiger partial charge is 0.316 e. The highest BCUT2D eigenvalue weighted by Crippen LogP contribution is 2.50. The second-order valence-electron chi connectivity index (χ2n) is 33.6. The summed E-state index contributed by atoms with van der Waals surface area (Å²) in [7, 11) is -15.5. The van der Waals surface area contributed by atoms with Gasteiger partial charge in [-0.25, -0.2) is 79.7 Å². The molecular weight excluding hydrogens is 2250 g/mol. The molecule has 0 amide bonds. The number of hydrogen-bond donors (Lipinski definition) is 6. The van der Waals surface area contributed by atoms with E-state index in [0.29, 0.717) is 144 Å². The highest BCUT2D eigenvalue weighted by molar-refractivity contribution is 9.11. The monoisotopic (exact) mass is 2340 g/mol. The molecule has 0 radical (unpaired) electrons. The number of ether oxygens (including phenoxy) is 16. The number of anilines is 4. The first-order valence-corrected chi connectivity index (χ1v) is 54.9. The quantitative estimate of drug-likeness (QED) is 0.0194. The molecule has 4 aromatic carbocycles. The van der Waals surface area contributed by atoms with Crippen LogP contribution in [0.15, 0.2) is 166 Å². The molecule has 22 rings (SSSR count). The lowest BCUT2D eigenvalue weighted by Crippen LogP contribution is -2.36.